The van der Waals surface area contributed by atoms with E-state index in [2.05, 4.69) is 39.5 Å². The van der Waals surface area contributed by atoms with Gasteiger partial charge in [0.1, 0.15) is 0 Å². The summed E-state index contributed by atoms with van der Waals surface area (Å²) in [5, 5.41) is 0. The Morgan fingerprint density at radius 2 is 1.25 bits per heavy atom. The van der Waals surface area contributed by atoms with Gasteiger partial charge in [0.2, 0.25) is 0 Å². The molecule has 0 N–H and O–H groups in total. The zero-order valence-corrected chi connectivity index (χ0v) is 8.75. The van der Waals surface area contributed by atoms with Crippen LogP contribution in [-0.4, -0.2) is 0 Å². The van der Waals surface area contributed by atoms with Crippen molar-refractivity contribution in [2.75, 3.05) is 0 Å². The van der Waals surface area contributed by atoms with Gasteiger partial charge in [-0.25, -0.2) is 0 Å². The first-order valence-electron chi connectivity index (χ1n) is 0.535. The third-order valence-electron chi connectivity index (χ3n) is 0. The SMILES string of the molecule is C.[I][Zn][I]. The monoisotopic (exact) mass is 334 g/mol. The van der Waals surface area contributed by atoms with Gasteiger partial charge in [-0.2, -0.15) is 0 Å². The zero-order valence-electron chi connectivity index (χ0n) is 1.46. The normalized spacial score (nSPS) is 2.50. The molecule has 0 saturated carbocycles. The Labute approximate surface area is 56.1 Å². The summed E-state index contributed by atoms with van der Waals surface area (Å²) < 4.78 is 0. The third kappa shape index (κ3) is 8.94. The summed E-state index contributed by atoms with van der Waals surface area (Å²) in [6.45, 7) is 0. The molecule has 0 aromatic heterocycles. The van der Waals surface area contributed by atoms with Gasteiger partial charge in [0.05, 0.1) is 0 Å². The van der Waals surface area contributed by atoms with E-state index >= 15 is 0 Å². The molecule has 0 aliphatic heterocycles. The number of hydrogen-bond donors (Lipinski definition) is 0. The van der Waals surface area contributed by atoms with Crippen LogP contribution in [-0.2, 0) is 10.1 Å². The van der Waals surface area contributed by atoms with Crippen LogP contribution < -0.4 is 0 Å². The van der Waals surface area contributed by atoms with E-state index in [0.29, 0.717) is 0 Å². The van der Waals surface area contributed by atoms with Gasteiger partial charge in [-0.1, -0.05) is 7.43 Å². The van der Waals surface area contributed by atoms with E-state index in [4.69, 9.17) is 0 Å². The summed E-state index contributed by atoms with van der Waals surface area (Å²) in [6.07, 6.45) is 0. The average Bonchev–Trinajstić information content (AvgIpc) is 0.918. The quantitative estimate of drug-likeness (QED) is 0.471. The van der Waals surface area contributed by atoms with Gasteiger partial charge >= 0.3 is 49.6 Å². The van der Waals surface area contributed by atoms with Crippen LogP contribution in [0.2, 0.25) is 0 Å². The predicted octanol–water partition coefficient (Wildman–Crippen LogP) is 2.41. The van der Waals surface area contributed by atoms with Crippen molar-refractivity contribution in [2.24, 2.45) is 0 Å². The average molecular weight is 335 g/mol. The molecule has 0 aliphatic rings. The number of hydrogen-bond acceptors (Lipinski definition) is 0. The molecule has 0 radical (unpaired) electrons. The van der Waals surface area contributed by atoms with Gasteiger partial charge in [0.25, 0.3) is 0 Å². The Bertz CT molecular complexity index is 6.00. The van der Waals surface area contributed by atoms with Gasteiger partial charge in [-0.05, 0) is 0 Å². The van der Waals surface area contributed by atoms with E-state index in [0.717, 1.165) is 0 Å². The molecule has 0 rings (SSSR count). The summed E-state index contributed by atoms with van der Waals surface area (Å²) in [6, 6.07) is 0. The second kappa shape index (κ2) is 8.92. The van der Waals surface area contributed by atoms with Crippen LogP contribution in [0.5, 0.6) is 0 Å². The predicted molar refractivity (Wildman–Crippen MR) is 34.8 cm³/mol. The Hall–Kier alpha value is 2.08. The summed E-state index contributed by atoms with van der Waals surface area (Å²) in [5.74, 6) is 0. The van der Waals surface area contributed by atoms with Gasteiger partial charge in [-0.15, -0.1) is 0 Å². The van der Waals surface area contributed by atoms with Crippen LogP contribution >= 0.6 is 39.5 Å². The van der Waals surface area contributed by atoms with Crippen LogP contribution in [0.3, 0.4) is 0 Å². The van der Waals surface area contributed by atoms with Gasteiger partial charge in [0.15, 0.2) is 0 Å². The molecule has 0 nitrogen and oxygen atoms in total. The van der Waals surface area contributed by atoms with Crippen LogP contribution in [0, 0.1) is 0 Å². The van der Waals surface area contributed by atoms with Crippen LogP contribution in [0.4, 0.5) is 0 Å². The van der Waals surface area contributed by atoms with Crippen molar-refractivity contribution in [1.29, 1.82) is 0 Å². The van der Waals surface area contributed by atoms with Gasteiger partial charge in [0, 0.05) is 0 Å². The Balaban J connectivity index is 0. The minimum atomic E-state index is 0. The van der Waals surface area contributed by atoms with Crippen molar-refractivity contribution >= 4 is 39.5 Å². The van der Waals surface area contributed by atoms with E-state index in [-0.39, 0.29) is 17.5 Å². The molecule has 0 bridgehead atoms. The minimum absolute atomic E-state index is 0. The molecule has 0 amide bonds. The van der Waals surface area contributed by atoms with Crippen molar-refractivity contribution in [1.82, 2.24) is 0 Å². The van der Waals surface area contributed by atoms with Crippen molar-refractivity contribution in [2.45, 2.75) is 7.43 Å². The number of rotatable bonds is 0. The molecule has 0 atom stereocenters. The first-order chi connectivity index (χ1) is 1.41. The Kier molecular flexibility index (Phi) is 21.0. The van der Waals surface area contributed by atoms with E-state index in [1.54, 1.807) is 0 Å². The first kappa shape index (κ1) is 9.43. The maximum absolute atomic E-state index is 2.46. The molecule has 0 unspecified atom stereocenters. The third-order valence-corrected chi connectivity index (χ3v) is 0. The molecule has 4 heavy (non-hydrogen) atoms. The van der Waals surface area contributed by atoms with Gasteiger partial charge < -0.3 is 0 Å². The summed E-state index contributed by atoms with van der Waals surface area (Å²) in [5.41, 5.74) is 0. The molecule has 24 valence electrons. The second-order valence-corrected chi connectivity index (χ2v) is 23.6. The molecule has 0 aromatic rings. The fraction of sp³-hybridized carbons (Fsp3) is 1.00. The topological polar surface area (TPSA) is 0 Å². The molecule has 0 aromatic carbocycles. The molecular formula is CH4I2Zn. The summed E-state index contributed by atoms with van der Waals surface area (Å²) in [7, 11) is 0.0650. The van der Waals surface area contributed by atoms with Crippen molar-refractivity contribution < 1.29 is 10.1 Å². The van der Waals surface area contributed by atoms with E-state index in [1.165, 1.54) is 0 Å². The second-order valence-electron chi connectivity index (χ2n) is 0.101. The summed E-state index contributed by atoms with van der Waals surface area (Å²) in [4.78, 5) is 0. The fourth-order valence-corrected chi connectivity index (χ4v) is 0. The maximum atomic E-state index is 2.46. The van der Waals surface area contributed by atoms with E-state index < -0.39 is 0 Å². The molecule has 3 heteroatoms. The zero-order chi connectivity index (χ0) is 2.71. The van der Waals surface area contributed by atoms with Crippen LogP contribution in [0.25, 0.3) is 0 Å². The fourth-order valence-electron chi connectivity index (χ4n) is 0. The molecule has 0 aliphatic carbocycles. The molecular weight excluding hydrogens is 331 g/mol. The Morgan fingerprint density at radius 1 is 1.25 bits per heavy atom. The van der Waals surface area contributed by atoms with Gasteiger partial charge in [-0.3, -0.25) is 0 Å². The Morgan fingerprint density at radius 3 is 1.25 bits per heavy atom. The molecule has 0 fully saturated rings. The first-order valence-corrected chi connectivity index (χ1v) is 18.6. The summed E-state index contributed by atoms with van der Waals surface area (Å²) >= 11 is 4.93. The molecule has 0 spiro atoms. The van der Waals surface area contributed by atoms with Crippen LogP contribution in [0.15, 0.2) is 0 Å². The van der Waals surface area contributed by atoms with Crippen molar-refractivity contribution in [3.63, 3.8) is 0 Å². The van der Waals surface area contributed by atoms with Crippen molar-refractivity contribution in [3.05, 3.63) is 0 Å². The van der Waals surface area contributed by atoms with E-state index in [1.807, 2.05) is 0 Å². The molecule has 0 saturated heterocycles. The standard InChI is InChI=1S/CH4.2HI.Zn/h1H4;2*1H;/q;;;+2/p-2. The van der Waals surface area contributed by atoms with Crippen molar-refractivity contribution in [3.8, 4) is 0 Å². The van der Waals surface area contributed by atoms with E-state index in [9.17, 15) is 0 Å². The van der Waals surface area contributed by atoms with Crippen LogP contribution in [0.1, 0.15) is 7.43 Å². The number of halogens is 2. The molecule has 0 heterocycles.